The van der Waals surface area contributed by atoms with Gasteiger partial charge in [-0.25, -0.2) is 9.18 Å². The standard InChI is InChI=1S/C34H44FN7O5/c1-21(26-17-23(35)20-41(26)7)44-27-19-28(45-25-14-16-42(24(18-25)13-15-36)32(43)46-33(2,3)4)38-29(37-27)30-39-31(47-40-30)34(5,6)22-11-9-8-10-12-22/h8-12,19,21,23-26H,13-14,16-18,20H2,1-7H3/t21-,23+,24?,25?,26-/m0/s1. The quantitative estimate of drug-likeness (QED) is 0.281. The molecule has 2 unspecified atom stereocenters. The summed E-state index contributed by atoms with van der Waals surface area (Å²) in [5.41, 5.74) is -0.235. The second-order valence-electron chi connectivity index (χ2n) is 13.9. The predicted molar refractivity (Wildman–Crippen MR) is 171 cm³/mol. The van der Waals surface area contributed by atoms with Gasteiger partial charge in [-0.3, -0.25) is 4.90 Å². The summed E-state index contributed by atoms with van der Waals surface area (Å²) in [6.45, 7) is 12.0. The summed E-state index contributed by atoms with van der Waals surface area (Å²) in [5, 5.41) is 13.7. The van der Waals surface area contributed by atoms with E-state index in [1.807, 2.05) is 83.8 Å². The summed E-state index contributed by atoms with van der Waals surface area (Å²) >= 11 is 0. The van der Waals surface area contributed by atoms with Crippen LogP contribution < -0.4 is 9.47 Å². The molecule has 2 aromatic heterocycles. The number of ether oxygens (including phenoxy) is 3. The number of halogens is 1. The fourth-order valence-electron chi connectivity index (χ4n) is 6.11. The Hall–Kier alpha value is -4.31. The lowest BCUT2D eigenvalue weighted by molar-refractivity contribution is -0.00382. The van der Waals surface area contributed by atoms with Crippen molar-refractivity contribution in [3.05, 3.63) is 47.9 Å². The van der Waals surface area contributed by atoms with E-state index in [-0.39, 0.29) is 48.1 Å². The molecular weight excluding hydrogens is 605 g/mol. The van der Waals surface area contributed by atoms with E-state index in [4.69, 9.17) is 18.7 Å². The van der Waals surface area contributed by atoms with Gasteiger partial charge in [-0.15, -0.1) is 0 Å². The molecule has 0 bridgehead atoms. The molecule has 0 N–H and O–H groups in total. The molecule has 0 saturated carbocycles. The molecule has 2 aliphatic rings. The monoisotopic (exact) mass is 649 g/mol. The molecule has 12 nitrogen and oxygen atoms in total. The summed E-state index contributed by atoms with van der Waals surface area (Å²) in [4.78, 5) is 30.3. The summed E-state index contributed by atoms with van der Waals surface area (Å²) in [7, 11) is 1.88. The van der Waals surface area contributed by atoms with Crippen LogP contribution in [0.25, 0.3) is 11.6 Å². The average molecular weight is 650 g/mol. The molecule has 1 amide bonds. The average Bonchev–Trinajstić information content (AvgIpc) is 3.64. The van der Waals surface area contributed by atoms with Gasteiger partial charge in [0.1, 0.15) is 24.0 Å². The summed E-state index contributed by atoms with van der Waals surface area (Å²) < 4.78 is 38.1. The lowest BCUT2D eigenvalue weighted by Crippen LogP contribution is -2.50. The zero-order chi connectivity index (χ0) is 33.9. The molecule has 13 heteroatoms. The maximum atomic E-state index is 14.2. The SMILES string of the molecule is C[C@H](Oc1cc(OC2CCN(C(=O)OC(C)(C)C)C(CC#N)C2)nc(-c2noc(C(C)(C)c3ccccc3)n2)n1)[C@@H]1C[C@@H](F)CN1C. The molecule has 0 radical (unpaired) electrons. The van der Waals surface area contributed by atoms with Crippen LogP contribution in [0.1, 0.15) is 78.7 Å². The van der Waals surface area contributed by atoms with Crippen LogP contribution in [-0.2, 0) is 10.2 Å². The molecule has 3 aromatic rings. The molecule has 5 rings (SSSR count). The van der Waals surface area contributed by atoms with E-state index in [0.29, 0.717) is 38.2 Å². The first-order valence-corrected chi connectivity index (χ1v) is 16.1. The number of hydrogen-bond donors (Lipinski definition) is 0. The fraction of sp³-hybridized carbons (Fsp3) is 0.588. The second-order valence-corrected chi connectivity index (χ2v) is 13.9. The Morgan fingerprint density at radius 1 is 1.11 bits per heavy atom. The number of piperidine rings is 1. The largest absolute Gasteiger partial charge is 0.474 e. The Kier molecular flexibility index (Phi) is 10.0. The first-order chi connectivity index (χ1) is 22.2. The highest BCUT2D eigenvalue weighted by Gasteiger charge is 2.37. The van der Waals surface area contributed by atoms with Crippen molar-refractivity contribution < 1.29 is 27.9 Å². The van der Waals surface area contributed by atoms with Gasteiger partial charge in [0.25, 0.3) is 0 Å². The molecule has 2 saturated heterocycles. The van der Waals surface area contributed by atoms with Gasteiger partial charge in [-0.2, -0.15) is 20.2 Å². The van der Waals surface area contributed by atoms with Crippen molar-refractivity contribution in [1.29, 1.82) is 5.26 Å². The fourth-order valence-corrected chi connectivity index (χ4v) is 6.11. The third kappa shape index (κ3) is 8.16. The van der Waals surface area contributed by atoms with Crippen LogP contribution in [-0.4, -0.2) is 92.2 Å². The maximum absolute atomic E-state index is 14.2. The van der Waals surface area contributed by atoms with E-state index in [9.17, 15) is 14.4 Å². The Morgan fingerprint density at radius 3 is 2.49 bits per heavy atom. The van der Waals surface area contributed by atoms with Crippen molar-refractivity contribution in [2.75, 3.05) is 20.1 Å². The number of hydrogen-bond acceptors (Lipinski definition) is 11. The minimum absolute atomic E-state index is 0.132. The minimum Gasteiger partial charge on any atom is -0.474 e. The highest BCUT2D eigenvalue weighted by atomic mass is 19.1. The number of nitrogens with zero attached hydrogens (tertiary/aromatic N) is 7. The third-order valence-electron chi connectivity index (χ3n) is 8.64. The highest BCUT2D eigenvalue weighted by Crippen LogP contribution is 2.33. The molecule has 47 heavy (non-hydrogen) atoms. The van der Waals surface area contributed by atoms with E-state index >= 15 is 0 Å². The van der Waals surface area contributed by atoms with Crippen molar-refractivity contribution in [2.24, 2.45) is 0 Å². The number of benzene rings is 1. The topological polar surface area (TPSA) is 140 Å². The second kappa shape index (κ2) is 13.8. The Balaban J connectivity index is 1.41. The van der Waals surface area contributed by atoms with Gasteiger partial charge in [0.15, 0.2) is 0 Å². The van der Waals surface area contributed by atoms with Gasteiger partial charge in [-0.1, -0.05) is 35.5 Å². The van der Waals surface area contributed by atoms with E-state index in [0.717, 1.165) is 5.56 Å². The zero-order valence-electron chi connectivity index (χ0n) is 28.1. The molecule has 2 aliphatic heterocycles. The summed E-state index contributed by atoms with van der Waals surface area (Å²) in [6.07, 6.45) is -0.724. The van der Waals surface area contributed by atoms with Gasteiger partial charge in [-0.05, 0) is 60.6 Å². The van der Waals surface area contributed by atoms with Crippen LogP contribution in [0.3, 0.4) is 0 Å². The molecule has 0 aliphatic carbocycles. The van der Waals surface area contributed by atoms with E-state index in [1.54, 1.807) is 11.0 Å². The Labute approximate surface area is 275 Å². The number of alkyl halides is 1. The first-order valence-electron chi connectivity index (χ1n) is 16.1. The van der Waals surface area contributed by atoms with Crippen molar-refractivity contribution >= 4 is 6.09 Å². The number of likely N-dealkylation sites (N-methyl/N-ethyl adjacent to an activating group) is 1. The smallest absolute Gasteiger partial charge is 0.410 e. The zero-order valence-corrected chi connectivity index (χ0v) is 28.1. The molecule has 5 atom stereocenters. The Bertz CT molecular complexity index is 1570. The van der Waals surface area contributed by atoms with Gasteiger partial charge < -0.3 is 23.6 Å². The molecule has 252 valence electrons. The third-order valence-corrected chi connectivity index (χ3v) is 8.64. The van der Waals surface area contributed by atoms with Crippen LogP contribution in [0.15, 0.2) is 40.9 Å². The van der Waals surface area contributed by atoms with Crippen molar-refractivity contribution in [3.8, 4) is 29.5 Å². The number of carbonyl (C=O) groups excluding carboxylic acids is 1. The van der Waals surface area contributed by atoms with Crippen LogP contribution in [0.5, 0.6) is 11.8 Å². The molecule has 2 fully saturated rings. The molecule has 0 spiro atoms. The van der Waals surface area contributed by atoms with E-state index in [1.165, 1.54) is 0 Å². The maximum Gasteiger partial charge on any atom is 0.410 e. The number of aromatic nitrogens is 4. The van der Waals surface area contributed by atoms with E-state index < -0.39 is 29.3 Å². The van der Waals surface area contributed by atoms with Crippen molar-refractivity contribution in [3.63, 3.8) is 0 Å². The van der Waals surface area contributed by atoms with Crippen molar-refractivity contribution in [2.45, 2.75) is 109 Å². The van der Waals surface area contributed by atoms with Crippen LogP contribution in [0.4, 0.5) is 9.18 Å². The van der Waals surface area contributed by atoms with Crippen molar-refractivity contribution in [1.82, 2.24) is 29.9 Å². The van der Waals surface area contributed by atoms with E-state index in [2.05, 4.69) is 26.2 Å². The first kappa shape index (κ1) is 34.0. The normalized spacial score (nSPS) is 22.8. The summed E-state index contributed by atoms with van der Waals surface area (Å²) in [5.74, 6) is 1.14. The Morgan fingerprint density at radius 2 is 1.83 bits per heavy atom. The lowest BCUT2D eigenvalue weighted by atomic mass is 9.84. The van der Waals surface area contributed by atoms with Gasteiger partial charge >= 0.3 is 6.09 Å². The number of nitriles is 1. The van der Waals surface area contributed by atoms with Gasteiger partial charge in [0, 0.05) is 32.0 Å². The predicted octanol–water partition coefficient (Wildman–Crippen LogP) is 5.72. The van der Waals surface area contributed by atoms with Gasteiger partial charge in [0.2, 0.25) is 29.3 Å². The number of rotatable bonds is 9. The molecule has 1 aromatic carbocycles. The number of likely N-dealkylation sites (tertiary alicyclic amines) is 2. The molecule has 4 heterocycles. The van der Waals surface area contributed by atoms with Crippen LogP contribution >= 0.6 is 0 Å². The molecular formula is C34H44FN7O5. The number of carbonyl (C=O) groups is 1. The lowest BCUT2D eigenvalue weighted by Gasteiger charge is -2.38. The van der Waals surface area contributed by atoms with Gasteiger partial charge in [0.05, 0.1) is 30.0 Å². The summed E-state index contributed by atoms with van der Waals surface area (Å²) in [6, 6.07) is 13.1. The number of amides is 1. The minimum atomic E-state index is -0.922. The van der Waals surface area contributed by atoms with Crippen LogP contribution in [0, 0.1) is 11.3 Å². The highest BCUT2D eigenvalue weighted by molar-refractivity contribution is 5.68. The van der Waals surface area contributed by atoms with Crippen LogP contribution in [0.2, 0.25) is 0 Å².